The summed E-state index contributed by atoms with van der Waals surface area (Å²) in [5, 5.41) is 6.88. The first kappa shape index (κ1) is 15.5. The quantitative estimate of drug-likeness (QED) is 0.837. The number of amides is 2. The topological polar surface area (TPSA) is 80.1 Å². The van der Waals surface area contributed by atoms with Gasteiger partial charge in [-0.05, 0) is 19.3 Å². The zero-order chi connectivity index (χ0) is 15.5. The Morgan fingerprint density at radius 1 is 1.29 bits per heavy atom. The average molecular weight is 293 g/mol. The molecule has 7 heteroatoms. The fraction of sp³-hybridized carbons (Fsp3) is 0.714. The second kappa shape index (κ2) is 6.24. The summed E-state index contributed by atoms with van der Waals surface area (Å²) >= 11 is 0. The Balaban J connectivity index is 2.31. The Kier molecular flexibility index (Phi) is 4.59. The fourth-order valence-electron chi connectivity index (χ4n) is 2.92. The summed E-state index contributed by atoms with van der Waals surface area (Å²) in [6.45, 7) is 7.08. The molecule has 1 aliphatic heterocycles. The van der Waals surface area contributed by atoms with Crippen LogP contribution in [0.2, 0.25) is 0 Å². The summed E-state index contributed by atoms with van der Waals surface area (Å²) in [5.74, 6) is 0.587. The zero-order valence-electron chi connectivity index (χ0n) is 12.9. The number of hydrogen-bond donors (Lipinski definition) is 1. The lowest BCUT2D eigenvalue weighted by molar-refractivity contribution is -0.155. The molecule has 0 saturated carbocycles. The van der Waals surface area contributed by atoms with Crippen molar-refractivity contribution in [1.82, 2.24) is 25.0 Å². The van der Waals surface area contributed by atoms with E-state index in [4.69, 9.17) is 0 Å². The van der Waals surface area contributed by atoms with E-state index >= 15 is 0 Å². The Bertz CT molecular complexity index is 521. The number of piperazine rings is 1. The Morgan fingerprint density at radius 2 is 2.00 bits per heavy atom. The predicted octanol–water partition coefficient (Wildman–Crippen LogP) is 0.705. The van der Waals surface area contributed by atoms with E-state index in [-0.39, 0.29) is 18.4 Å². The first-order valence-corrected chi connectivity index (χ1v) is 7.54. The lowest BCUT2D eigenvalue weighted by Crippen LogP contribution is -2.66. The summed E-state index contributed by atoms with van der Waals surface area (Å²) in [6, 6.07) is 0. The van der Waals surface area contributed by atoms with Crippen molar-refractivity contribution in [3.63, 3.8) is 0 Å². The molecule has 2 rings (SSSR count). The van der Waals surface area contributed by atoms with Crippen LogP contribution in [0.5, 0.6) is 0 Å². The first-order valence-electron chi connectivity index (χ1n) is 7.54. The molecule has 0 aliphatic carbocycles. The van der Waals surface area contributed by atoms with Crippen LogP contribution in [-0.4, -0.2) is 43.6 Å². The van der Waals surface area contributed by atoms with Crippen molar-refractivity contribution in [2.24, 2.45) is 0 Å². The van der Waals surface area contributed by atoms with Gasteiger partial charge in [0.2, 0.25) is 11.8 Å². The lowest BCUT2D eigenvalue weighted by atomic mass is 9.87. The largest absolute Gasteiger partial charge is 0.345 e. The van der Waals surface area contributed by atoms with E-state index < -0.39 is 5.54 Å². The molecule has 2 amide bonds. The van der Waals surface area contributed by atoms with E-state index in [0.717, 1.165) is 18.8 Å². The van der Waals surface area contributed by atoms with Gasteiger partial charge in [-0.2, -0.15) is 5.10 Å². The SMILES string of the molecule is CCCn1ncnc1CN1C(=O)CNC(=O)C1(CC)CC. The monoisotopic (exact) mass is 293 g/mol. The molecule has 2 heterocycles. The molecule has 1 fully saturated rings. The minimum Gasteiger partial charge on any atom is -0.345 e. The van der Waals surface area contributed by atoms with Crippen molar-refractivity contribution in [1.29, 1.82) is 0 Å². The van der Waals surface area contributed by atoms with Gasteiger partial charge in [-0.15, -0.1) is 0 Å². The number of aryl methyl sites for hydroxylation is 1. The van der Waals surface area contributed by atoms with Crippen LogP contribution in [0.15, 0.2) is 6.33 Å². The van der Waals surface area contributed by atoms with Gasteiger partial charge in [0.15, 0.2) is 0 Å². The Labute approximate surface area is 124 Å². The number of carbonyl (C=O) groups is 2. The summed E-state index contributed by atoms with van der Waals surface area (Å²) in [7, 11) is 0. The Morgan fingerprint density at radius 3 is 2.62 bits per heavy atom. The van der Waals surface area contributed by atoms with E-state index in [9.17, 15) is 9.59 Å². The van der Waals surface area contributed by atoms with Gasteiger partial charge in [0.05, 0.1) is 13.1 Å². The smallest absolute Gasteiger partial charge is 0.246 e. The van der Waals surface area contributed by atoms with Crippen molar-refractivity contribution < 1.29 is 9.59 Å². The van der Waals surface area contributed by atoms with Gasteiger partial charge in [-0.3, -0.25) is 9.59 Å². The zero-order valence-corrected chi connectivity index (χ0v) is 12.9. The number of rotatable bonds is 6. The molecule has 1 N–H and O–H groups in total. The van der Waals surface area contributed by atoms with Crippen LogP contribution in [0.25, 0.3) is 0 Å². The van der Waals surface area contributed by atoms with Gasteiger partial charge in [-0.1, -0.05) is 20.8 Å². The van der Waals surface area contributed by atoms with Crippen molar-refractivity contribution in [3.8, 4) is 0 Å². The van der Waals surface area contributed by atoms with E-state index in [1.54, 1.807) is 9.58 Å². The highest BCUT2D eigenvalue weighted by Crippen LogP contribution is 2.28. The minimum absolute atomic E-state index is 0.0580. The molecular weight excluding hydrogens is 270 g/mol. The summed E-state index contributed by atoms with van der Waals surface area (Å²) in [6.07, 6.45) is 3.61. The lowest BCUT2D eigenvalue weighted by Gasteiger charge is -2.44. The van der Waals surface area contributed by atoms with Crippen molar-refractivity contribution >= 4 is 11.8 Å². The molecule has 1 aliphatic rings. The highest BCUT2D eigenvalue weighted by Gasteiger charge is 2.47. The Hall–Kier alpha value is -1.92. The molecule has 0 spiro atoms. The number of carbonyl (C=O) groups excluding carboxylic acids is 2. The maximum absolute atomic E-state index is 12.3. The second-order valence-corrected chi connectivity index (χ2v) is 5.30. The summed E-state index contributed by atoms with van der Waals surface area (Å²) < 4.78 is 1.80. The van der Waals surface area contributed by atoms with Gasteiger partial charge < -0.3 is 10.2 Å². The second-order valence-electron chi connectivity index (χ2n) is 5.30. The van der Waals surface area contributed by atoms with Gasteiger partial charge in [0.25, 0.3) is 0 Å². The third-order valence-electron chi connectivity index (χ3n) is 4.24. The van der Waals surface area contributed by atoms with Crippen LogP contribution in [-0.2, 0) is 22.7 Å². The molecule has 1 saturated heterocycles. The molecule has 7 nitrogen and oxygen atoms in total. The first-order chi connectivity index (χ1) is 10.1. The number of hydrogen-bond acceptors (Lipinski definition) is 4. The van der Waals surface area contributed by atoms with Gasteiger partial charge >= 0.3 is 0 Å². The molecule has 1 aromatic rings. The molecule has 0 bridgehead atoms. The molecule has 0 aromatic carbocycles. The van der Waals surface area contributed by atoms with Crippen LogP contribution >= 0.6 is 0 Å². The average Bonchev–Trinajstić information content (AvgIpc) is 2.92. The van der Waals surface area contributed by atoms with E-state index in [1.807, 2.05) is 13.8 Å². The molecule has 0 unspecified atom stereocenters. The van der Waals surface area contributed by atoms with Gasteiger partial charge in [0, 0.05) is 6.54 Å². The van der Waals surface area contributed by atoms with E-state index in [1.165, 1.54) is 6.33 Å². The van der Waals surface area contributed by atoms with Crippen LogP contribution in [0.4, 0.5) is 0 Å². The van der Waals surface area contributed by atoms with Crippen LogP contribution in [0, 0.1) is 0 Å². The maximum Gasteiger partial charge on any atom is 0.246 e. The maximum atomic E-state index is 12.3. The van der Waals surface area contributed by atoms with Crippen molar-refractivity contribution in [2.75, 3.05) is 6.54 Å². The summed E-state index contributed by atoms with van der Waals surface area (Å²) in [4.78, 5) is 30.6. The fourth-order valence-corrected chi connectivity index (χ4v) is 2.92. The summed E-state index contributed by atoms with van der Waals surface area (Å²) in [5.41, 5.74) is -0.779. The van der Waals surface area contributed by atoms with E-state index in [2.05, 4.69) is 22.3 Å². The van der Waals surface area contributed by atoms with Crippen LogP contribution in [0.1, 0.15) is 45.9 Å². The van der Waals surface area contributed by atoms with Crippen LogP contribution in [0.3, 0.4) is 0 Å². The predicted molar refractivity (Wildman–Crippen MR) is 77.2 cm³/mol. The minimum atomic E-state index is -0.779. The molecular formula is C14H23N5O2. The molecule has 1 aromatic heterocycles. The number of aromatic nitrogens is 3. The van der Waals surface area contributed by atoms with Crippen LogP contribution < -0.4 is 5.32 Å². The van der Waals surface area contributed by atoms with Crippen molar-refractivity contribution in [3.05, 3.63) is 12.2 Å². The van der Waals surface area contributed by atoms with E-state index in [0.29, 0.717) is 19.4 Å². The number of nitrogens with zero attached hydrogens (tertiary/aromatic N) is 4. The highest BCUT2D eigenvalue weighted by atomic mass is 16.2. The number of nitrogens with one attached hydrogen (secondary N) is 1. The molecule has 21 heavy (non-hydrogen) atoms. The van der Waals surface area contributed by atoms with Gasteiger partial charge in [-0.25, -0.2) is 9.67 Å². The molecule has 116 valence electrons. The highest BCUT2D eigenvalue weighted by molar-refractivity contribution is 5.97. The third-order valence-corrected chi connectivity index (χ3v) is 4.24. The third kappa shape index (κ3) is 2.64. The molecule has 0 atom stereocenters. The van der Waals surface area contributed by atoms with Crippen molar-refractivity contribution in [2.45, 2.75) is 58.7 Å². The standard InChI is InChI=1S/C14H23N5O2/c1-4-7-19-11(16-10-17-19)9-18-12(20)8-15-13(21)14(18,5-2)6-3/h10H,4-9H2,1-3H3,(H,15,21). The normalized spacial score (nSPS) is 18.0. The van der Waals surface area contributed by atoms with Gasteiger partial charge in [0.1, 0.15) is 17.7 Å². The molecule has 0 radical (unpaired) electrons.